The van der Waals surface area contributed by atoms with Crippen LogP contribution < -0.4 is 4.74 Å². The van der Waals surface area contributed by atoms with Crippen LogP contribution in [-0.2, 0) is 0 Å². The number of methoxy groups -OCH3 is 1. The fourth-order valence-corrected chi connectivity index (χ4v) is 1.35. The van der Waals surface area contributed by atoms with Crippen molar-refractivity contribution >= 4 is 6.29 Å². The third-order valence-electron chi connectivity index (χ3n) is 2.33. The average Bonchev–Trinajstić information content (AvgIpc) is 2.28. The van der Waals surface area contributed by atoms with Crippen LogP contribution in [0.2, 0.25) is 0 Å². The lowest BCUT2D eigenvalue weighted by molar-refractivity contribution is 0.112. The second-order valence-corrected chi connectivity index (χ2v) is 3.30. The van der Waals surface area contributed by atoms with Crippen molar-refractivity contribution in [2.45, 2.75) is 12.8 Å². The van der Waals surface area contributed by atoms with Gasteiger partial charge in [0, 0.05) is 17.0 Å². The van der Waals surface area contributed by atoms with Crippen LogP contribution in [0.25, 0.3) is 0 Å². The van der Waals surface area contributed by atoms with E-state index >= 15 is 0 Å². The second-order valence-electron chi connectivity index (χ2n) is 3.30. The Morgan fingerprint density at radius 1 is 1.53 bits per heavy atom. The minimum Gasteiger partial charge on any atom is -0.504 e. The zero-order chi connectivity index (χ0) is 11.4. The van der Waals surface area contributed by atoms with Gasteiger partial charge in [0.2, 0.25) is 0 Å². The van der Waals surface area contributed by atoms with Crippen LogP contribution >= 0.6 is 0 Å². The summed E-state index contributed by atoms with van der Waals surface area (Å²) < 4.78 is 4.98. The lowest BCUT2D eigenvalue weighted by Gasteiger charge is -2.13. The van der Waals surface area contributed by atoms with E-state index in [4.69, 9.17) is 4.74 Å². The second kappa shape index (κ2) is 4.64. The third kappa shape index (κ3) is 2.18. The van der Waals surface area contributed by atoms with Gasteiger partial charge in [-0.2, -0.15) is 0 Å². The lowest BCUT2D eigenvalue weighted by Crippen LogP contribution is -1.95. The maximum absolute atomic E-state index is 10.7. The molecule has 1 N–H and O–H groups in total. The molecule has 1 aromatic rings. The molecule has 1 aromatic carbocycles. The van der Waals surface area contributed by atoms with E-state index in [0.29, 0.717) is 16.9 Å². The highest BCUT2D eigenvalue weighted by atomic mass is 16.5. The molecule has 1 atom stereocenters. The van der Waals surface area contributed by atoms with Crippen LogP contribution in [0.1, 0.15) is 28.8 Å². The topological polar surface area (TPSA) is 46.5 Å². The van der Waals surface area contributed by atoms with E-state index in [0.717, 1.165) is 6.29 Å². The Morgan fingerprint density at radius 2 is 2.20 bits per heavy atom. The maximum atomic E-state index is 10.7. The van der Waals surface area contributed by atoms with Crippen molar-refractivity contribution < 1.29 is 14.6 Å². The number of allylic oxidation sites excluding steroid dienone is 1. The molecule has 3 heteroatoms. The summed E-state index contributed by atoms with van der Waals surface area (Å²) in [5.74, 6) is 0.345. The first-order valence-electron chi connectivity index (χ1n) is 4.62. The first kappa shape index (κ1) is 11.3. The molecule has 0 aromatic heterocycles. The molecule has 3 nitrogen and oxygen atoms in total. The van der Waals surface area contributed by atoms with Crippen LogP contribution in [0, 0.1) is 0 Å². The predicted molar refractivity (Wildman–Crippen MR) is 58.7 cm³/mol. The monoisotopic (exact) mass is 206 g/mol. The minimum absolute atomic E-state index is 0.0289. The smallest absolute Gasteiger partial charge is 0.161 e. The van der Waals surface area contributed by atoms with E-state index in [2.05, 4.69) is 6.58 Å². The van der Waals surface area contributed by atoms with Crippen LogP contribution in [0.15, 0.2) is 24.8 Å². The molecule has 0 saturated heterocycles. The van der Waals surface area contributed by atoms with Crippen LogP contribution in [0.4, 0.5) is 0 Å². The van der Waals surface area contributed by atoms with Gasteiger partial charge < -0.3 is 9.84 Å². The number of rotatable bonds is 4. The maximum Gasteiger partial charge on any atom is 0.161 e. The quantitative estimate of drug-likeness (QED) is 0.608. The highest BCUT2D eigenvalue weighted by Crippen LogP contribution is 2.35. The average molecular weight is 206 g/mol. The number of benzene rings is 1. The Balaban J connectivity index is 3.35. The van der Waals surface area contributed by atoms with Crippen molar-refractivity contribution in [3.8, 4) is 11.5 Å². The SMILES string of the molecule is C=CC(C)c1cc(C=O)cc(OC)c1O. The van der Waals surface area contributed by atoms with Gasteiger partial charge in [-0.05, 0) is 12.1 Å². The van der Waals surface area contributed by atoms with Gasteiger partial charge in [-0.3, -0.25) is 4.79 Å². The number of hydrogen-bond acceptors (Lipinski definition) is 3. The first-order chi connectivity index (χ1) is 7.13. The van der Waals surface area contributed by atoms with Gasteiger partial charge in [0.15, 0.2) is 11.5 Å². The van der Waals surface area contributed by atoms with Crippen molar-refractivity contribution in [3.05, 3.63) is 35.9 Å². The molecular weight excluding hydrogens is 192 g/mol. The summed E-state index contributed by atoms with van der Waals surface area (Å²) >= 11 is 0. The van der Waals surface area contributed by atoms with E-state index in [-0.39, 0.29) is 11.7 Å². The molecule has 0 radical (unpaired) electrons. The molecule has 1 unspecified atom stereocenters. The molecule has 0 heterocycles. The van der Waals surface area contributed by atoms with Gasteiger partial charge in [-0.25, -0.2) is 0 Å². The molecule has 0 bridgehead atoms. The summed E-state index contributed by atoms with van der Waals surface area (Å²) in [4.78, 5) is 10.7. The summed E-state index contributed by atoms with van der Waals surface area (Å²) in [7, 11) is 1.45. The van der Waals surface area contributed by atoms with E-state index in [9.17, 15) is 9.90 Å². The largest absolute Gasteiger partial charge is 0.504 e. The van der Waals surface area contributed by atoms with Crippen LogP contribution in [0.3, 0.4) is 0 Å². The van der Waals surface area contributed by atoms with Gasteiger partial charge in [-0.15, -0.1) is 6.58 Å². The number of phenols is 1. The third-order valence-corrected chi connectivity index (χ3v) is 2.33. The Labute approximate surface area is 89.0 Å². The number of aldehydes is 1. The fourth-order valence-electron chi connectivity index (χ4n) is 1.35. The number of hydrogen-bond donors (Lipinski definition) is 1. The summed E-state index contributed by atoms with van der Waals surface area (Å²) in [6.45, 7) is 5.53. The van der Waals surface area contributed by atoms with Crippen LogP contribution in [0.5, 0.6) is 11.5 Å². The minimum atomic E-state index is -0.0289. The molecule has 0 saturated carbocycles. The van der Waals surface area contributed by atoms with Crippen molar-refractivity contribution in [2.75, 3.05) is 7.11 Å². The number of phenolic OH excluding ortho intramolecular Hbond substituents is 1. The normalized spacial score (nSPS) is 11.9. The van der Waals surface area contributed by atoms with Crippen LogP contribution in [-0.4, -0.2) is 18.5 Å². The summed E-state index contributed by atoms with van der Waals surface area (Å²) in [6, 6.07) is 3.14. The molecule has 0 fully saturated rings. The number of carbonyl (C=O) groups is 1. The highest BCUT2D eigenvalue weighted by Gasteiger charge is 2.13. The van der Waals surface area contributed by atoms with E-state index in [1.807, 2.05) is 6.92 Å². The van der Waals surface area contributed by atoms with E-state index in [1.165, 1.54) is 13.2 Å². The zero-order valence-corrected chi connectivity index (χ0v) is 8.86. The van der Waals surface area contributed by atoms with Gasteiger partial charge in [0.1, 0.15) is 6.29 Å². The standard InChI is InChI=1S/C12H14O3/c1-4-8(2)10-5-9(7-13)6-11(15-3)12(10)14/h4-8,14H,1H2,2-3H3. The molecular formula is C12H14O3. The Hall–Kier alpha value is -1.77. The van der Waals surface area contributed by atoms with Gasteiger partial charge in [0.05, 0.1) is 7.11 Å². The van der Waals surface area contributed by atoms with Gasteiger partial charge in [-0.1, -0.05) is 13.0 Å². The Kier molecular flexibility index (Phi) is 3.50. The van der Waals surface area contributed by atoms with Gasteiger partial charge >= 0.3 is 0 Å². The summed E-state index contributed by atoms with van der Waals surface area (Å²) in [5, 5.41) is 9.82. The number of carbonyl (C=O) groups excluding carboxylic acids is 1. The van der Waals surface area contributed by atoms with Crippen molar-refractivity contribution in [1.82, 2.24) is 0 Å². The van der Waals surface area contributed by atoms with Crippen molar-refractivity contribution in [2.24, 2.45) is 0 Å². The Bertz CT molecular complexity index is 383. The molecule has 0 aliphatic heterocycles. The highest BCUT2D eigenvalue weighted by molar-refractivity contribution is 5.77. The lowest BCUT2D eigenvalue weighted by atomic mass is 9.98. The van der Waals surface area contributed by atoms with E-state index in [1.54, 1.807) is 12.1 Å². The molecule has 1 rings (SSSR count). The van der Waals surface area contributed by atoms with Crippen molar-refractivity contribution in [1.29, 1.82) is 0 Å². The predicted octanol–water partition coefficient (Wildman–Crippen LogP) is 2.50. The molecule has 0 amide bonds. The molecule has 0 aliphatic rings. The van der Waals surface area contributed by atoms with Gasteiger partial charge in [0.25, 0.3) is 0 Å². The Morgan fingerprint density at radius 3 is 2.67 bits per heavy atom. The zero-order valence-electron chi connectivity index (χ0n) is 8.86. The number of aromatic hydroxyl groups is 1. The fraction of sp³-hybridized carbons (Fsp3) is 0.250. The molecule has 0 spiro atoms. The number of ether oxygens (including phenoxy) is 1. The summed E-state index contributed by atoms with van der Waals surface area (Å²) in [6.07, 6.45) is 2.42. The summed E-state index contributed by atoms with van der Waals surface area (Å²) in [5.41, 5.74) is 1.12. The molecule has 15 heavy (non-hydrogen) atoms. The molecule has 0 aliphatic carbocycles. The van der Waals surface area contributed by atoms with E-state index < -0.39 is 0 Å². The van der Waals surface area contributed by atoms with Crippen molar-refractivity contribution in [3.63, 3.8) is 0 Å². The molecule has 80 valence electrons. The first-order valence-corrected chi connectivity index (χ1v) is 4.62.